The second kappa shape index (κ2) is 6.43. The van der Waals surface area contributed by atoms with Gasteiger partial charge in [0.25, 0.3) is 0 Å². The van der Waals surface area contributed by atoms with Crippen molar-refractivity contribution >= 4 is 11.9 Å². The molecule has 0 aliphatic heterocycles. The summed E-state index contributed by atoms with van der Waals surface area (Å²) >= 11 is 0. The molecule has 0 saturated carbocycles. The van der Waals surface area contributed by atoms with E-state index in [-0.39, 0.29) is 12.5 Å². The fraction of sp³-hybridized carbons (Fsp3) is 0.818. The van der Waals surface area contributed by atoms with E-state index in [4.69, 9.17) is 0 Å². The van der Waals surface area contributed by atoms with E-state index >= 15 is 0 Å². The number of rotatable bonds is 7. The summed E-state index contributed by atoms with van der Waals surface area (Å²) in [5, 5.41) is 11.8. The Morgan fingerprint density at radius 1 is 1.33 bits per heavy atom. The molecule has 1 amide bonds. The minimum absolute atomic E-state index is 0.175. The van der Waals surface area contributed by atoms with Gasteiger partial charge in [-0.2, -0.15) is 0 Å². The first-order valence-electron chi connectivity index (χ1n) is 5.46. The van der Waals surface area contributed by atoms with Crippen molar-refractivity contribution in [2.45, 2.75) is 46.5 Å². The molecular weight excluding hydrogens is 194 g/mol. The maximum absolute atomic E-state index is 11.2. The maximum atomic E-state index is 11.2. The first-order chi connectivity index (χ1) is 6.98. The van der Waals surface area contributed by atoms with Gasteiger partial charge in [-0.3, -0.25) is 9.59 Å². The molecule has 0 aromatic heterocycles. The predicted octanol–water partition coefficient (Wildman–Crippen LogP) is 1.79. The first kappa shape index (κ1) is 13.9. The molecule has 0 aromatic carbocycles. The predicted molar refractivity (Wildman–Crippen MR) is 58.6 cm³/mol. The van der Waals surface area contributed by atoms with Gasteiger partial charge in [0.15, 0.2) is 0 Å². The Balaban J connectivity index is 4.50. The molecule has 15 heavy (non-hydrogen) atoms. The maximum Gasteiger partial charge on any atom is 0.311 e. The first-order valence-corrected chi connectivity index (χ1v) is 5.46. The van der Waals surface area contributed by atoms with Crippen molar-refractivity contribution in [3.8, 4) is 0 Å². The summed E-state index contributed by atoms with van der Waals surface area (Å²) in [4.78, 5) is 22.0. The van der Waals surface area contributed by atoms with E-state index in [0.717, 1.165) is 12.8 Å². The smallest absolute Gasteiger partial charge is 0.311 e. The van der Waals surface area contributed by atoms with Crippen LogP contribution < -0.4 is 5.32 Å². The van der Waals surface area contributed by atoms with E-state index in [0.29, 0.717) is 12.8 Å². The van der Waals surface area contributed by atoms with Crippen LogP contribution in [0.1, 0.15) is 46.5 Å². The second-order valence-corrected chi connectivity index (χ2v) is 3.95. The number of hydrogen-bond donors (Lipinski definition) is 2. The fourth-order valence-corrected chi connectivity index (χ4v) is 1.53. The van der Waals surface area contributed by atoms with Crippen LogP contribution in [0, 0.1) is 5.41 Å². The zero-order valence-corrected chi connectivity index (χ0v) is 9.80. The van der Waals surface area contributed by atoms with E-state index in [9.17, 15) is 14.7 Å². The molecule has 0 spiro atoms. The van der Waals surface area contributed by atoms with Crippen LogP contribution in [0.25, 0.3) is 0 Å². The summed E-state index contributed by atoms with van der Waals surface area (Å²) < 4.78 is 0. The lowest BCUT2D eigenvalue weighted by Gasteiger charge is -2.28. The third-order valence-electron chi connectivity index (χ3n) is 2.82. The molecule has 4 nitrogen and oxygen atoms in total. The third kappa shape index (κ3) is 4.32. The highest BCUT2D eigenvalue weighted by atomic mass is 16.4. The average molecular weight is 215 g/mol. The zero-order chi connectivity index (χ0) is 11.9. The Bertz CT molecular complexity index is 228. The average Bonchev–Trinajstić information content (AvgIpc) is 2.18. The normalized spacial score (nSPS) is 14.3. The summed E-state index contributed by atoms with van der Waals surface area (Å²) in [5.41, 5.74) is -0.790. The van der Waals surface area contributed by atoms with Crippen LogP contribution in [0.5, 0.6) is 0 Å². The summed E-state index contributed by atoms with van der Waals surface area (Å²) in [6.07, 6.45) is 3.01. The van der Waals surface area contributed by atoms with Gasteiger partial charge in [0, 0.05) is 13.5 Å². The summed E-state index contributed by atoms with van der Waals surface area (Å²) in [5.74, 6) is -0.988. The van der Waals surface area contributed by atoms with E-state index in [1.54, 1.807) is 0 Å². The lowest BCUT2D eigenvalue weighted by atomic mass is 9.80. The van der Waals surface area contributed by atoms with Crippen molar-refractivity contribution in [3.05, 3.63) is 0 Å². The Morgan fingerprint density at radius 3 is 2.27 bits per heavy atom. The largest absolute Gasteiger partial charge is 0.481 e. The van der Waals surface area contributed by atoms with Crippen LogP contribution in [-0.4, -0.2) is 23.5 Å². The number of carbonyl (C=O) groups excluding carboxylic acids is 1. The third-order valence-corrected chi connectivity index (χ3v) is 2.82. The van der Waals surface area contributed by atoms with Gasteiger partial charge in [0.05, 0.1) is 5.41 Å². The van der Waals surface area contributed by atoms with E-state index < -0.39 is 11.4 Å². The molecule has 0 rings (SSSR count). The van der Waals surface area contributed by atoms with Gasteiger partial charge in [-0.15, -0.1) is 0 Å². The number of nitrogens with one attached hydrogen (secondary N) is 1. The second-order valence-electron chi connectivity index (χ2n) is 3.95. The molecular formula is C11H21NO3. The van der Waals surface area contributed by atoms with Gasteiger partial charge in [-0.25, -0.2) is 0 Å². The van der Waals surface area contributed by atoms with Crippen LogP contribution in [-0.2, 0) is 9.59 Å². The molecule has 1 unspecified atom stereocenters. The van der Waals surface area contributed by atoms with Crippen molar-refractivity contribution in [2.75, 3.05) is 6.54 Å². The van der Waals surface area contributed by atoms with Gasteiger partial charge in [-0.1, -0.05) is 26.7 Å². The number of carboxylic acids is 1. The Morgan fingerprint density at radius 2 is 1.93 bits per heavy atom. The number of carbonyl (C=O) groups is 2. The summed E-state index contributed by atoms with van der Waals surface area (Å²) in [6, 6.07) is 0. The lowest BCUT2D eigenvalue weighted by Crippen LogP contribution is -2.42. The van der Waals surface area contributed by atoms with Crippen LogP contribution in [0.4, 0.5) is 0 Å². The van der Waals surface area contributed by atoms with Gasteiger partial charge in [0.2, 0.25) is 5.91 Å². The summed E-state index contributed by atoms with van der Waals surface area (Å²) in [6.45, 7) is 5.52. The van der Waals surface area contributed by atoms with Crippen molar-refractivity contribution in [1.82, 2.24) is 5.32 Å². The molecule has 1 atom stereocenters. The standard InChI is InChI=1S/C11H21NO3/c1-4-6-7-11(5-2,10(14)15)8-12-9(3)13/h4-8H2,1-3H3,(H,12,13)(H,14,15). The highest BCUT2D eigenvalue weighted by Crippen LogP contribution is 2.28. The highest BCUT2D eigenvalue weighted by Gasteiger charge is 2.35. The molecule has 0 aromatic rings. The number of aliphatic carboxylic acids is 1. The van der Waals surface area contributed by atoms with Crippen LogP contribution in [0.2, 0.25) is 0 Å². The molecule has 4 heteroatoms. The van der Waals surface area contributed by atoms with E-state index in [1.807, 2.05) is 13.8 Å². The van der Waals surface area contributed by atoms with Crippen molar-refractivity contribution < 1.29 is 14.7 Å². The van der Waals surface area contributed by atoms with Crippen LogP contribution >= 0.6 is 0 Å². The SMILES string of the molecule is CCCCC(CC)(CNC(C)=O)C(=O)O. The van der Waals surface area contributed by atoms with Crippen LogP contribution in [0.15, 0.2) is 0 Å². The zero-order valence-electron chi connectivity index (χ0n) is 9.80. The monoisotopic (exact) mass is 215 g/mol. The molecule has 88 valence electrons. The van der Waals surface area contributed by atoms with Crippen molar-refractivity contribution in [3.63, 3.8) is 0 Å². The molecule has 0 bridgehead atoms. The Kier molecular flexibility index (Phi) is 5.97. The number of hydrogen-bond acceptors (Lipinski definition) is 2. The van der Waals surface area contributed by atoms with Gasteiger partial charge in [0.1, 0.15) is 0 Å². The number of unbranched alkanes of at least 4 members (excludes halogenated alkanes) is 1. The molecule has 0 aliphatic rings. The molecule has 0 radical (unpaired) electrons. The van der Waals surface area contributed by atoms with Crippen molar-refractivity contribution in [1.29, 1.82) is 0 Å². The van der Waals surface area contributed by atoms with E-state index in [1.165, 1.54) is 6.92 Å². The number of carboxylic acid groups (broad SMARTS) is 1. The molecule has 0 saturated heterocycles. The molecule has 0 heterocycles. The van der Waals surface area contributed by atoms with E-state index in [2.05, 4.69) is 5.32 Å². The minimum atomic E-state index is -0.813. The Hall–Kier alpha value is -1.06. The Labute approximate surface area is 91.1 Å². The fourth-order valence-electron chi connectivity index (χ4n) is 1.53. The minimum Gasteiger partial charge on any atom is -0.481 e. The van der Waals surface area contributed by atoms with Crippen LogP contribution in [0.3, 0.4) is 0 Å². The topological polar surface area (TPSA) is 66.4 Å². The number of amides is 1. The lowest BCUT2D eigenvalue weighted by molar-refractivity contribution is -0.149. The quantitative estimate of drug-likeness (QED) is 0.680. The van der Waals surface area contributed by atoms with Gasteiger partial charge >= 0.3 is 5.97 Å². The van der Waals surface area contributed by atoms with Crippen molar-refractivity contribution in [2.24, 2.45) is 5.41 Å². The molecule has 0 fully saturated rings. The van der Waals surface area contributed by atoms with Gasteiger partial charge in [-0.05, 0) is 12.8 Å². The highest BCUT2D eigenvalue weighted by molar-refractivity contribution is 5.77. The summed E-state index contributed by atoms with van der Waals surface area (Å²) in [7, 11) is 0. The molecule has 0 aliphatic carbocycles. The van der Waals surface area contributed by atoms with Gasteiger partial charge < -0.3 is 10.4 Å². The molecule has 2 N–H and O–H groups in total.